The molecule has 14 heavy (non-hydrogen) atoms. The monoisotopic (exact) mass is 191 g/mol. The molecule has 0 aliphatic carbocycles. The zero-order chi connectivity index (χ0) is 9.97. The van der Waals surface area contributed by atoms with Crippen LogP contribution in [0.4, 0.5) is 0 Å². The van der Waals surface area contributed by atoms with E-state index >= 15 is 0 Å². The van der Waals surface area contributed by atoms with Gasteiger partial charge < -0.3 is 0 Å². The van der Waals surface area contributed by atoms with E-state index in [9.17, 15) is 0 Å². The van der Waals surface area contributed by atoms with Crippen LogP contribution < -0.4 is 0 Å². The SMILES string of the molecule is CCn1nc(C)cc1Cn1cncn1. The fourth-order valence-electron chi connectivity index (χ4n) is 1.48. The van der Waals surface area contributed by atoms with Crippen LogP contribution >= 0.6 is 0 Å². The standard InChI is InChI=1S/C9H13N5/c1-3-14-9(4-8(2)12-14)5-13-7-10-6-11-13/h4,6-7H,3,5H2,1-2H3. The predicted molar refractivity (Wildman–Crippen MR) is 51.8 cm³/mol. The Morgan fingerprint density at radius 2 is 2.29 bits per heavy atom. The lowest BCUT2D eigenvalue weighted by Crippen LogP contribution is -2.08. The van der Waals surface area contributed by atoms with E-state index in [1.54, 1.807) is 17.3 Å². The highest BCUT2D eigenvalue weighted by Gasteiger charge is 2.04. The summed E-state index contributed by atoms with van der Waals surface area (Å²) in [4.78, 5) is 3.90. The van der Waals surface area contributed by atoms with Crippen LogP contribution in [0.5, 0.6) is 0 Å². The molecule has 0 aromatic carbocycles. The summed E-state index contributed by atoms with van der Waals surface area (Å²) in [5.74, 6) is 0. The summed E-state index contributed by atoms with van der Waals surface area (Å²) in [6.45, 7) is 5.70. The van der Waals surface area contributed by atoms with Gasteiger partial charge in [0.05, 0.1) is 17.9 Å². The lowest BCUT2D eigenvalue weighted by molar-refractivity contribution is 0.574. The number of nitrogens with zero attached hydrogens (tertiary/aromatic N) is 5. The van der Waals surface area contributed by atoms with Gasteiger partial charge in [0.15, 0.2) is 0 Å². The molecule has 5 heteroatoms. The number of hydrogen-bond acceptors (Lipinski definition) is 3. The van der Waals surface area contributed by atoms with Gasteiger partial charge >= 0.3 is 0 Å². The normalized spacial score (nSPS) is 10.7. The molecule has 0 aliphatic heterocycles. The molecule has 0 spiro atoms. The van der Waals surface area contributed by atoms with Crippen LogP contribution in [0.3, 0.4) is 0 Å². The van der Waals surface area contributed by atoms with Crippen molar-refractivity contribution in [2.24, 2.45) is 0 Å². The summed E-state index contributed by atoms with van der Waals surface area (Å²) in [7, 11) is 0. The number of hydrogen-bond donors (Lipinski definition) is 0. The first-order valence-electron chi connectivity index (χ1n) is 4.65. The van der Waals surface area contributed by atoms with Gasteiger partial charge in [0, 0.05) is 6.54 Å². The van der Waals surface area contributed by atoms with Crippen molar-refractivity contribution < 1.29 is 0 Å². The van der Waals surface area contributed by atoms with E-state index in [-0.39, 0.29) is 0 Å². The van der Waals surface area contributed by atoms with E-state index in [2.05, 4.69) is 28.2 Å². The average Bonchev–Trinajstić information content (AvgIpc) is 2.76. The Labute approximate surface area is 82.4 Å². The predicted octanol–water partition coefficient (Wildman–Crippen LogP) is 0.851. The van der Waals surface area contributed by atoms with Crippen molar-refractivity contribution in [2.75, 3.05) is 0 Å². The van der Waals surface area contributed by atoms with Gasteiger partial charge in [0.2, 0.25) is 0 Å². The van der Waals surface area contributed by atoms with Crippen molar-refractivity contribution in [3.63, 3.8) is 0 Å². The highest BCUT2D eigenvalue weighted by atomic mass is 15.3. The molecule has 0 fully saturated rings. The lowest BCUT2D eigenvalue weighted by atomic mass is 10.3. The minimum Gasteiger partial charge on any atom is -0.268 e. The first-order valence-corrected chi connectivity index (χ1v) is 4.65. The Morgan fingerprint density at radius 3 is 2.93 bits per heavy atom. The highest BCUT2D eigenvalue weighted by Crippen LogP contribution is 2.04. The molecule has 0 unspecified atom stereocenters. The third-order valence-electron chi connectivity index (χ3n) is 2.08. The second-order valence-electron chi connectivity index (χ2n) is 3.19. The maximum Gasteiger partial charge on any atom is 0.137 e. The van der Waals surface area contributed by atoms with Crippen molar-refractivity contribution >= 4 is 0 Å². The summed E-state index contributed by atoms with van der Waals surface area (Å²) in [6.07, 6.45) is 3.25. The molecule has 0 aliphatic rings. The van der Waals surface area contributed by atoms with Crippen molar-refractivity contribution in [2.45, 2.75) is 26.9 Å². The number of aryl methyl sites for hydroxylation is 2. The third kappa shape index (κ3) is 1.66. The third-order valence-corrected chi connectivity index (χ3v) is 2.08. The highest BCUT2D eigenvalue weighted by molar-refractivity contribution is 5.08. The first-order chi connectivity index (χ1) is 6.79. The molecule has 2 aromatic rings. The van der Waals surface area contributed by atoms with Crippen LogP contribution in [-0.2, 0) is 13.1 Å². The topological polar surface area (TPSA) is 48.5 Å². The maximum atomic E-state index is 4.36. The summed E-state index contributed by atoms with van der Waals surface area (Å²) in [5.41, 5.74) is 2.21. The molecule has 0 N–H and O–H groups in total. The van der Waals surface area contributed by atoms with Gasteiger partial charge in [-0.25, -0.2) is 9.67 Å². The quantitative estimate of drug-likeness (QED) is 0.722. The second-order valence-corrected chi connectivity index (χ2v) is 3.19. The molecule has 0 amide bonds. The summed E-state index contributed by atoms with van der Waals surface area (Å²) in [6, 6.07) is 2.07. The van der Waals surface area contributed by atoms with E-state index in [4.69, 9.17) is 0 Å². The van der Waals surface area contributed by atoms with Crippen LogP contribution in [0.15, 0.2) is 18.7 Å². The van der Waals surface area contributed by atoms with Gasteiger partial charge in [-0.15, -0.1) is 0 Å². The van der Waals surface area contributed by atoms with Gasteiger partial charge in [0.25, 0.3) is 0 Å². The van der Waals surface area contributed by atoms with Crippen LogP contribution in [0, 0.1) is 6.92 Å². The molecule has 2 rings (SSSR count). The van der Waals surface area contributed by atoms with Crippen LogP contribution in [0.1, 0.15) is 18.3 Å². The molecule has 0 saturated heterocycles. The molecule has 0 saturated carbocycles. The van der Waals surface area contributed by atoms with E-state index in [0.717, 1.165) is 24.5 Å². The van der Waals surface area contributed by atoms with Crippen molar-refractivity contribution in [3.05, 3.63) is 30.1 Å². The Bertz CT molecular complexity index is 401. The largest absolute Gasteiger partial charge is 0.268 e. The number of rotatable bonds is 3. The van der Waals surface area contributed by atoms with Crippen LogP contribution in [-0.4, -0.2) is 24.5 Å². The van der Waals surface area contributed by atoms with Crippen LogP contribution in [0.25, 0.3) is 0 Å². The molecule has 2 aromatic heterocycles. The zero-order valence-electron chi connectivity index (χ0n) is 8.38. The average molecular weight is 191 g/mol. The molecule has 2 heterocycles. The summed E-state index contributed by atoms with van der Waals surface area (Å²) >= 11 is 0. The van der Waals surface area contributed by atoms with E-state index < -0.39 is 0 Å². The first kappa shape index (κ1) is 8.93. The summed E-state index contributed by atoms with van der Waals surface area (Å²) < 4.78 is 3.78. The smallest absolute Gasteiger partial charge is 0.137 e. The fraction of sp³-hybridized carbons (Fsp3) is 0.444. The second kappa shape index (κ2) is 3.61. The van der Waals surface area contributed by atoms with Crippen molar-refractivity contribution in [1.82, 2.24) is 24.5 Å². The van der Waals surface area contributed by atoms with Gasteiger partial charge in [-0.05, 0) is 19.9 Å². The van der Waals surface area contributed by atoms with Gasteiger partial charge in [-0.2, -0.15) is 10.2 Å². The summed E-state index contributed by atoms with van der Waals surface area (Å²) in [5, 5.41) is 8.43. The Balaban J connectivity index is 2.23. The Kier molecular flexibility index (Phi) is 2.30. The van der Waals surface area contributed by atoms with Gasteiger partial charge in [-0.1, -0.05) is 0 Å². The Hall–Kier alpha value is -1.65. The lowest BCUT2D eigenvalue weighted by Gasteiger charge is -2.03. The molecular formula is C9H13N5. The minimum atomic E-state index is 0.731. The molecule has 0 atom stereocenters. The van der Waals surface area contributed by atoms with E-state index in [0.29, 0.717) is 0 Å². The number of aromatic nitrogens is 5. The van der Waals surface area contributed by atoms with Crippen molar-refractivity contribution in [1.29, 1.82) is 0 Å². The van der Waals surface area contributed by atoms with E-state index in [1.807, 2.05) is 11.6 Å². The minimum absolute atomic E-state index is 0.731. The van der Waals surface area contributed by atoms with E-state index in [1.165, 1.54) is 0 Å². The zero-order valence-corrected chi connectivity index (χ0v) is 8.38. The molecule has 0 bridgehead atoms. The molecule has 5 nitrogen and oxygen atoms in total. The molecular weight excluding hydrogens is 178 g/mol. The maximum absolute atomic E-state index is 4.36. The molecule has 0 radical (unpaired) electrons. The Morgan fingerprint density at radius 1 is 1.43 bits per heavy atom. The fourth-order valence-corrected chi connectivity index (χ4v) is 1.48. The van der Waals surface area contributed by atoms with Crippen LogP contribution in [0.2, 0.25) is 0 Å². The van der Waals surface area contributed by atoms with Crippen molar-refractivity contribution in [3.8, 4) is 0 Å². The molecule has 74 valence electrons. The van der Waals surface area contributed by atoms with Gasteiger partial charge in [0.1, 0.15) is 12.7 Å². The van der Waals surface area contributed by atoms with Gasteiger partial charge in [-0.3, -0.25) is 4.68 Å².